The Morgan fingerprint density at radius 1 is 0.480 bits per heavy atom. The summed E-state index contributed by atoms with van der Waals surface area (Å²) in [5, 5.41) is 66.0. The van der Waals surface area contributed by atoms with Gasteiger partial charge in [-0.3, -0.25) is 29.1 Å². The predicted molar refractivity (Wildman–Crippen MR) is 282 cm³/mol. The Hall–Kier alpha value is -6.33. The molecule has 0 radical (unpaired) electrons. The molecule has 6 heterocycles. The molecule has 12 atom stereocenters. The summed E-state index contributed by atoms with van der Waals surface area (Å²) in [5.41, 5.74) is -0.289. The van der Waals surface area contributed by atoms with Gasteiger partial charge in [-0.25, -0.2) is 0 Å². The number of phenols is 3. The second kappa shape index (κ2) is 17.3. The summed E-state index contributed by atoms with van der Waals surface area (Å²) in [7, 11) is 0. The minimum Gasteiger partial charge on any atom is -0.504 e. The Morgan fingerprint density at radius 3 is 1.00 bits per heavy atom. The molecule has 3 aromatic carbocycles. The van der Waals surface area contributed by atoms with E-state index in [-0.39, 0.29) is 75.0 Å². The molecule has 3 fully saturated rings. The summed E-state index contributed by atoms with van der Waals surface area (Å²) in [6, 6.07) is 10.2. The summed E-state index contributed by atoms with van der Waals surface area (Å²) < 4.78 is 17.8. The van der Waals surface area contributed by atoms with Crippen LogP contribution in [-0.2, 0) is 49.9 Å². The van der Waals surface area contributed by atoms with Crippen LogP contribution in [0.1, 0.15) is 74.9 Å². The molecule has 3 spiro atoms. The first-order chi connectivity index (χ1) is 34.6. The molecule has 15 nitrogen and oxygen atoms in total. The zero-order valence-electron chi connectivity index (χ0n) is 39.7. The number of aliphatic hydroxyl groups is 3. The maximum atomic E-state index is 12.5. The van der Waals surface area contributed by atoms with E-state index in [2.05, 4.69) is 34.4 Å². The number of likely N-dealkylation sites (tertiary alicyclic amines) is 3. The molecule has 15 heteroatoms. The van der Waals surface area contributed by atoms with Gasteiger partial charge < -0.3 is 44.8 Å². The molecule has 75 heavy (non-hydrogen) atoms. The van der Waals surface area contributed by atoms with Crippen molar-refractivity contribution in [1.29, 1.82) is 0 Å². The first-order valence-electron chi connectivity index (χ1n) is 25.1. The van der Waals surface area contributed by atoms with Crippen molar-refractivity contribution in [3.63, 3.8) is 0 Å². The van der Waals surface area contributed by atoms with E-state index in [1.807, 2.05) is 36.4 Å². The number of piperidine rings is 3. The Kier molecular flexibility index (Phi) is 12.1. The van der Waals surface area contributed by atoms with Crippen molar-refractivity contribution >= 4 is 17.3 Å². The Morgan fingerprint density at radius 2 is 0.747 bits per heavy atom. The second-order valence-electron chi connectivity index (χ2n) is 21.7. The highest BCUT2D eigenvalue weighted by Gasteiger charge is 2.75. The molecule has 15 rings (SSSR count). The van der Waals surface area contributed by atoms with Gasteiger partial charge in [0.25, 0.3) is 0 Å². The largest absolute Gasteiger partial charge is 0.504 e. The lowest BCUT2D eigenvalue weighted by atomic mass is 9.51. The van der Waals surface area contributed by atoms with E-state index in [0.29, 0.717) is 75.4 Å². The highest BCUT2D eigenvalue weighted by atomic mass is 16.5. The molecule has 3 saturated heterocycles. The summed E-state index contributed by atoms with van der Waals surface area (Å²) in [6.07, 6.45) is 16.4. The van der Waals surface area contributed by atoms with Crippen molar-refractivity contribution in [3.05, 3.63) is 144 Å². The number of rotatable bonds is 6. The number of ether oxygens (including phenoxy) is 3. The maximum Gasteiger partial charge on any atom is 0.196 e. The van der Waals surface area contributed by atoms with Gasteiger partial charge in [-0.15, -0.1) is 19.7 Å². The molecule has 6 N–H and O–H groups in total. The Labute approximate surface area is 438 Å². The van der Waals surface area contributed by atoms with Gasteiger partial charge in [0.1, 0.15) is 16.8 Å². The zero-order valence-corrected chi connectivity index (χ0v) is 39.7. The molecule has 0 saturated carbocycles. The van der Waals surface area contributed by atoms with E-state index in [1.165, 1.54) is 18.2 Å². The van der Waals surface area contributed by atoms with Crippen LogP contribution in [0.3, 0.4) is 0 Å². The van der Waals surface area contributed by atoms with Gasteiger partial charge in [-0.2, -0.15) is 0 Å². The zero-order chi connectivity index (χ0) is 50.1. The van der Waals surface area contributed by atoms with E-state index >= 15 is 0 Å². The van der Waals surface area contributed by atoms with E-state index < -0.39 is 51.4 Å². The van der Waals surface area contributed by atoms with Gasteiger partial charge in [0.15, 0.2) is 70.2 Å². The SMILES string of the molecule is C.C.C.C=CCN1CC[C@]23c4c5ccc(O)c4O[C@H]2C(=O)C=C[C@@]3(O)[C@H]1C5.C=CCN1CC[C@]23c4c5ccc(O)c4O[C@H]2C(=O)C=C[C@@]3(O)[C@H]1C5.C=CCN1CC[C@]23c4c5ccc(O)c4O[C@H]2C(=O)C=C[C@@]3(O)[C@H]1C5. The second-order valence-corrected chi connectivity index (χ2v) is 21.7. The molecule has 3 aromatic rings. The molecule has 6 aliphatic carbocycles. The number of benzene rings is 3. The quantitative estimate of drug-likeness (QED) is 0.177. The van der Waals surface area contributed by atoms with Gasteiger partial charge in [0.2, 0.25) is 0 Å². The smallest absolute Gasteiger partial charge is 0.196 e. The van der Waals surface area contributed by atoms with Crippen molar-refractivity contribution in [2.45, 2.75) is 130 Å². The molecule has 0 aromatic heterocycles. The lowest BCUT2D eigenvalue weighted by Crippen LogP contribution is -2.75. The van der Waals surface area contributed by atoms with Crippen molar-refractivity contribution in [2.24, 2.45) is 0 Å². The number of hydrogen-bond acceptors (Lipinski definition) is 15. The summed E-state index contributed by atoms with van der Waals surface area (Å²) in [4.78, 5) is 44.3. The fourth-order valence-electron chi connectivity index (χ4n) is 16.2. The van der Waals surface area contributed by atoms with Crippen LogP contribution in [0.5, 0.6) is 34.5 Å². The number of carbonyl (C=O) groups is 3. The Bertz CT molecular complexity index is 2770. The fraction of sp³-hybridized carbons (Fsp3) is 0.450. The first-order valence-corrected chi connectivity index (χ1v) is 25.1. The molecular formula is C60H69N3O12. The predicted octanol–water partition coefficient (Wildman–Crippen LogP) is 5.14. The van der Waals surface area contributed by atoms with Gasteiger partial charge >= 0.3 is 0 Å². The van der Waals surface area contributed by atoms with Crippen LogP contribution in [0, 0.1) is 0 Å². The van der Waals surface area contributed by atoms with Crippen LogP contribution >= 0.6 is 0 Å². The van der Waals surface area contributed by atoms with Crippen LogP contribution in [0.15, 0.2) is 111 Å². The summed E-state index contributed by atoms with van der Waals surface area (Å²) in [6.45, 7) is 15.8. The van der Waals surface area contributed by atoms with Crippen LogP contribution < -0.4 is 14.2 Å². The average Bonchev–Trinajstić information content (AvgIpc) is 4.22. The lowest BCUT2D eigenvalue weighted by molar-refractivity contribution is -0.153. The first kappa shape index (κ1) is 52.1. The lowest BCUT2D eigenvalue weighted by Gasteiger charge is -2.60. The minimum atomic E-state index is -1.18. The van der Waals surface area contributed by atoms with Gasteiger partial charge in [-0.1, -0.05) is 58.7 Å². The van der Waals surface area contributed by atoms with Crippen LogP contribution in [0.2, 0.25) is 0 Å². The summed E-state index contributed by atoms with van der Waals surface area (Å²) >= 11 is 0. The number of hydrogen-bond donors (Lipinski definition) is 6. The molecule has 0 unspecified atom stereocenters. The molecule has 0 amide bonds. The normalized spacial score (nSPS) is 37.1. The van der Waals surface area contributed by atoms with Crippen LogP contribution in [0.25, 0.3) is 0 Å². The number of phenolic OH excluding ortho intramolecular Hbond substituents is 3. The standard InChI is InChI=1S/3C19H19NO4.3CH4/c3*1-2-8-20-9-7-18-15-11-3-4-12(21)16(15)24-17(18)13(22)5-6-19(18,23)14(20)10-11;;;/h3*2-6,14,17,21,23H,1,7-10H2;3*1H4/t3*14-,17+,18+,19-;;;/m111.../s1. The van der Waals surface area contributed by atoms with Crippen molar-refractivity contribution in [1.82, 2.24) is 14.7 Å². The van der Waals surface area contributed by atoms with Crippen LogP contribution in [0.4, 0.5) is 0 Å². The van der Waals surface area contributed by atoms with Gasteiger partial charge in [0.05, 0.1) is 16.2 Å². The monoisotopic (exact) mass is 1020 g/mol. The molecule has 12 aliphatic rings. The van der Waals surface area contributed by atoms with Gasteiger partial charge in [-0.05, 0) is 110 Å². The molecule has 6 aliphatic heterocycles. The van der Waals surface area contributed by atoms with Crippen molar-refractivity contribution < 1.29 is 59.2 Å². The van der Waals surface area contributed by atoms with E-state index in [1.54, 1.807) is 36.4 Å². The van der Waals surface area contributed by atoms with Gasteiger partial charge in [0, 0.05) is 74.1 Å². The number of ketones is 3. The van der Waals surface area contributed by atoms with Crippen molar-refractivity contribution in [2.75, 3.05) is 39.3 Å². The van der Waals surface area contributed by atoms with E-state index in [9.17, 15) is 45.0 Å². The number of nitrogens with zero attached hydrogens (tertiary/aromatic N) is 3. The van der Waals surface area contributed by atoms with E-state index in [0.717, 1.165) is 53.0 Å². The van der Waals surface area contributed by atoms with E-state index in [4.69, 9.17) is 14.2 Å². The Balaban J connectivity index is 0.000000126. The highest BCUT2D eigenvalue weighted by Crippen LogP contribution is 2.66. The minimum absolute atomic E-state index is 0. The third kappa shape index (κ3) is 6.10. The summed E-state index contributed by atoms with van der Waals surface area (Å²) in [5.74, 6) is 0.840. The molecule has 396 valence electrons. The fourth-order valence-corrected chi connectivity index (χ4v) is 16.2. The molecule has 6 bridgehead atoms. The van der Waals surface area contributed by atoms with Crippen molar-refractivity contribution in [3.8, 4) is 34.5 Å². The maximum absolute atomic E-state index is 12.5. The molecular weight excluding hydrogens is 955 g/mol. The third-order valence-electron chi connectivity index (χ3n) is 19.0. The number of aromatic hydroxyl groups is 3. The number of carbonyl (C=O) groups excluding carboxylic acids is 3. The third-order valence-corrected chi connectivity index (χ3v) is 19.0. The topological polar surface area (TPSA) is 210 Å². The average molecular weight is 1020 g/mol. The highest BCUT2D eigenvalue weighted by molar-refractivity contribution is 6.00. The van der Waals surface area contributed by atoms with Crippen LogP contribution in [-0.4, -0.2) is 155 Å².